The number of fused-ring (bicyclic) bond motifs is 2. The van der Waals surface area contributed by atoms with Crippen LogP contribution in [0, 0.1) is 5.82 Å². The molecular formula is C32H29FN6O2. The van der Waals surface area contributed by atoms with Gasteiger partial charge < -0.3 is 14.5 Å². The largest absolute Gasteiger partial charge is 0.497 e. The minimum atomic E-state index is -0.379. The molecule has 0 spiro atoms. The van der Waals surface area contributed by atoms with E-state index in [0.29, 0.717) is 23.6 Å². The number of hydrogen-bond donors (Lipinski definition) is 2. The fraction of sp³-hybridized carbons (Fsp3) is 0.219. The maximum Gasteiger partial charge on any atom is 0.138 e. The van der Waals surface area contributed by atoms with Crippen molar-refractivity contribution in [3.63, 3.8) is 0 Å². The minimum absolute atomic E-state index is 0.379. The Morgan fingerprint density at radius 1 is 0.854 bits per heavy atom. The molecule has 0 saturated carbocycles. The molecule has 1 aliphatic heterocycles. The van der Waals surface area contributed by atoms with Crippen molar-refractivity contribution in [2.75, 3.05) is 33.4 Å². The Kier molecular flexibility index (Phi) is 6.56. The maximum absolute atomic E-state index is 14.3. The van der Waals surface area contributed by atoms with Gasteiger partial charge in [0.2, 0.25) is 0 Å². The molecule has 1 saturated heterocycles. The van der Waals surface area contributed by atoms with Gasteiger partial charge in [0.05, 0.1) is 30.2 Å². The number of benzene rings is 2. The average Bonchev–Trinajstić information content (AvgIpc) is 3.76. The number of ether oxygens (including phenoxy) is 2. The number of hydrogen-bond acceptors (Lipinski definition) is 6. The fourth-order valence-electron chi connectivity index (χ4n) is 5.58. The van der Waals surface area contributed by atoms with Crippen LogP contribution in [-0.4, -0.2) is 63.4 Å². The minimum Gasteiger partial charge on any atom is -0.497 e. The molecule has 7 rings (SSSR count). The van der Waals surface area contributed by atoms with Gasteiger partial charge in [-0.15, -0.1) is 0 Å². The van der Waals surface area contributed by atoms with Gasteiger partial charge >= 0.3 is 0 Å². The SMILES string of the molecule is COc1cc(F)cc(-c2nccc3[nH]c(-c4n[nH]c5ccc(-c6cncc(OCCN7CCCC7)c6)cc45)cc23)c1. The van der Waals surface area contributed by atoms with Crippen LogP contribution in [-0.2, 0) is 0 Å². The summed E-state index contributed by atoms with van der Waals surface area (Å²) in [6, 6.07) is 16.7. The van der Waals surface area contributed by atoms with Crippen molar-refractivity contribution < 1.29 is 13.9 Å². The van der Waals surface area contributed by atoms with Crippen molar-refractivity contribution >= 4 is 21.8 Å². The molecule has 0 radical (unpaired) electrons. The molecule has 0 atom stereocenters. The highest BCUT2D eigenvalue weighted by Gasteiger charge is 2.16. The molecule has 0 aliphatic carbocycles. The molecule has 0 bridgehead atoms. The summed E-state index contributed by atoms with van der Waals surface area (Å²) in [6.45, 7) is 3.89. The smallest absolute Gasteiger partial charge is 0.138 e. The molecule has 2 N–H and O–H groups in total. The van der Waals surface area contributed by atoms with E-state index in [1.54, 1.807) is 18.5 Å². The monoisotopic (exact) mass is 548 g/mol. The summed E-state index contributed by atoms with van der Waals surface area (Å²) in [6.07, 6.45) is 7.87. The Labute approximate surface area is 236 Å². The summed E-state index contributed by atoms with van der Waals surface area (Å²) < 4.78 is 25.6. The fourth-order valence-corrected chi connectivity index (χ4v) is 5.58. The lowest BCUT2D eigenvalue weighted by Crippen LogP contribution is -2.25. The van der Waals surface area contributed by atoms with Gasteiger partial charge in [0.25, 0.3) is 0 Å². The van der Waals surface area contributed by atoms with Crippen LogP contribution in [0.5, 0.6) is 11.5 Å². The first-order valence-corrected chi connectivity index (χ1v) is 13.8. The van der Waals surface area contributed by atoms with Gasteiger partial charge in [-0.1, -0.05) is 6.07 Å². The molecule has 0 unspecified atom stereocenters. The number of halogens is 1. The summed E-state index contributed by atoms with van der Waals surface area (Å²) in [4.78, 5) is 14.9. The average molecular weight is 549 g/mol. The second kappa shape index (κ2) is 10.7. The Bertz CT molecular complexity index is 1860. The summed E-state index contributed by atoms with van der Waals surface area (Å²) in [5, 5.41) is 9.62. The van der Waals surface area contributed by atoms with Gasteiger partial charge in [0.1, 0.15) is 29.6 Å². The Morgan fingerprint density at radius 3 is 2.59 bits per heavy atom. The van der Waals surface area contributed by atoms with Gasteiger partial charge in [-0.2, -0.15) is 5.10 Å². The molecule has 206 valence electrons. The number of aromatic nitrogens is 5. The highest BCUT2D eigenvalue weighted by atomic mass is 19.1. The van der Waals surface area contributed by atoms with Crippen LogP contribution in [0.15, 0.2) is 73.2 Å². The number of pyridine rings is 2. The zero-order valence-electron chi connectivity index (χ0n) is 22.7. The number of nitrogens with zero attached hydrogens (tertiary/aromatic N) is 4. The lowest BCUT2D eigenvalue weighted by Gasteiger charge is -2.15. The molecule has 4 aromatic heterocycles. The van der Waals surface area contributed by atoms with Gasteiger partial charge in [0.15, 0.2) is 0 Å². The number of rotatable bonds is 8. The standard InChI is InChI=1S/C32H29FN6O2/c1-40-24-13-21(12-23(33)16-24)31-27-17-30(36-28(27)6-7-35-31)32-26-15-20(4-5-29(26)37-38-32)22-14-25(19-34-18-22)41-11-10-39-8-2-3-9-39/h4-7,12-19,36H,2-3,8-11H2,1H3,(H,37,38). The van der Waals surface area contributed by atoms with Crippen LogP contribution < -0.4 is 9.47 Å². The third-order valence-corrected chi connectivity index (χ3v) is 7.67. The van der Waals surface area contributed by atoms with Crippen molar-refractivity contribution in [3.8, 4) is 45.3 Å². The molecule has 8 nitrogen and oxygen atoms in total. The number of aromatic amines is 2. The van der Waals surface area contributed by atoms with Crippen molar-refractivity contribution in [1.29, 1.82) is 0 Å². The predicted octanol–water partition coefficient (Wildman–Crippen LogP) is 6.46. The Hall–Kier alpha value is -4.76. The van der Waals surface area contributed by atoms with Crippen molar-refractivity contribution in [2.24, 2.45) is 0 Å². The third-order valence-electron chi connectivity index (χ3n) is 7.67. The first-order chi connectivity index (χ1) is 20.1. The molecular weight excluding hydrogens is 519 g/mol. The molecule has 9 heteroatoms. The molecule has 1 fully saturated rings. The lowest BCUT2D eigenvalue weighted by molar-refractivity contribution is 0.237. The number of H-pyrrole nitrogens is 2. The van der Waals surface area contributed by atoms with Crippen molar-refractivity contribution in [1.82, 2.24) is 30.0 Å². The molecule has 1 aliphatic rings. The zero-order valence-corrected chi connectivity index (χ0v) is 22.7. The van der Waals surface area contributed by atoms with Crippen LogP contribution in [0.25, 0.3) is 55.6 Å². The van der Waals surface area contributed by atoms with Gasteiger partial charge in [-0.05, 0) is 74.0 Å². The van der Waals surface area contributed by atoms with Gasteiger partial charge in [0, 0.05) is 52.4 Å². The molecule has 0 amide bonds. The van der Waals surface area contributed by atoms with Crippen LogP contribution in [0.3, 0.4) is 0 Å². The van der Waals surface area contributed by atoms with E-state index in [2.05, 4.69) is 42.2 Å². The van der Waals surface area contributed by atoms with E-state index in [-0.39, 0.29) is 5.82 Å². The quantitative estimate of drug-likeness (QED) is 0.227. The first kappa shape index (κ1) is 25.2. The number of methoxy groups -OCH3 is 1. The molecule has 41 heavy (non-hydrogen) atoms. The Morgan fingerprint density at radius 2 is 1.71 bits per heavy atom. The summed E-state index contributed by atoms with van der Waals surface area (Å²) in [7, 11) is 1.52. The summed E-state index contributed by atoms with van der Waals surface area (Å²) in [5.74, 6) is 0.824. The normalized spacial score (nSPS) is 13.8. The predicted molar refractivity (Wildman–Crippen MR) is 158 cm³/mol. The van der Waals surface area contributed by atoms with Crippen LogP contribution in [0.1, 0.15) is 12.8 Å². The van der Waals surface area contributed by atoms with E-state index in [4.69, 9.17) is 9.47 Å². The van der Waals surface area contributed by atoms with Crippen LogP contribution in [0.4, 0.5) is 4.39 Å². The molecule has 5 heterocycles. The zero-order chi connectivity index (χ0) is 27.8. The second-order valence-electron chi connectivity index (χ2n) is 10.3. The molecule has 6 aromatic rings. The Balaban J connectivity index is 1.21. The van der Waals surface area contributed by atoms with E-state index in [0.717, 1.165) is 69.7 Å². The van der Waals surface area contributed by atoms with Gasteiger partial charge in [-0.25, -0.2) is 4.39 Å². The van der Waals surface area contributed by atoms with E-state index in [9.17, 15) is 4.39 Å². The lowest BCUT2D eigenvalue weighted by atomic mass is 10.0. The second-order valence-corrected chi connectivity index (χ2v) is 10.3. The highest BCUT2D eigenvalue weighted by Crippen LogP contribution is 2.35. The highest BCUT2D eigenvalue weighted by molar-refractivity contribution is 6.00. The van der Waals surface area contributed by atoms with E-state index >= 15 is 0 Å². The third kappa shape index (κ3) is 5.00. The van der Waals surface area contributed by atoms with Crippen LogP contribution in [0.2, 0.25) is 0 Å². The van der Waals surface area contributed by atoms with E-state index in [1.807, 2.05) is 30.5 Å². The maximum atomic E-state index is 14.3. The summed E-state index contributed by atoms with van der Waals surface area (Å²) in [5.41, 5.74) is 6.71. The number of likely N-dealkylation sites (tertiary alicyclic amines) is 1. The van der Waals surface area contributed by atoms with Crippen LogP contribution >= 0.6 is 0 Å². The molecule has 2 aromatic carbocycles. The first-order valence-electron chi connectivity index (χ1n) is 13.8. The summed E-state index contributed by atoms with van der Waals surface area (Å²) >= 11 is 0. The van der Waals surface area contributed by atoms with Crippen molar-refractivity contribution in [2.45, 2.75) is 12.8 Å². The van der Waals surface area contributed by atoms with E-state index < -0.39 is 0 Å². The van der Waals surface area contributed by atoms with Crippen molar-refractivity contribution in [3.05, 3.63) is 79.0 Å². The topological polar surface area (TPSA) is 92.0 Å². The number of nitrogens with one attached hydrogen (secondary N) is 2. The van der Waals surface area contributed by atoms with E-state index in [1.165, 1.54) is 32.1 Å². The van der Waals surface area contributed by atoms with Gasteiger partial charge in [-0.3, -0.25) is 20.0 Å².